The van der Waals surface area contributed by atoms with E-state index in [1.807, 2.05) is 0 Å². The Balaban J connectivity index is 2.00. The van der Waals surface area contributed by atoms with E-state index in [0.717, 1.165) is 12.2 Å². The number of anilines is 1. The summed E-state index contributed by atoms with van der Waals surface area (Å²) in [7, 11) is 0. The average molecular weight is 268 g/mol. The smallest absolute Gasteiger partial charge is 0.335 e. The van der Waals surface area contributed by atoms with Crippen molar-refractivity contribution in [1.82, 2.24) is 0 Å². The van der Waals surface area contributed by atoms with Crippen LogP contribution in [0.1, 0.15) is 43.0 Å². The standard InChI is InChI=1S/C14H18ClNO2/c1-2-5-14(6-7-14)9-16-12-4-3-10(13(17)18)8-11(12)15/h3-4,8,16H,2,5-7,9H2,1H3,(H,17,18). The van der Waals surface area contributed by atoms with Crippen molar-refractivity contribution in [2.75, 3.05) is 11.9 Å². The molecule has 0 atom stereocenters. The summed E-state index contributed by atoms with van der Waals surface area (Å²) in [4.78, 5) is 10.8. The van der Waals surface area contributed by atoms with Crippen LogP contribution in [0.2, 0.25) is 5.02 Å². The zero-order valence-corrected chi connectivity index (χ0v) is 11.3. The predicted octanol–water partition coefficient (Wildman–Crippen LogP) is 4.03. The highest BCUT2D eigenvalue weighted by Gasteiger charge is 2.41. The summed E-state index contributed by atoms with van der Waals surface area (Å²) in [5, 5.41) is 12.7. The molecule has 1 fully saturated rings. The van der Waals surface area contributed by atoms with Crippen molar-refractivity contribution in [3.63, 3.8) is 0 Å². The van der Waals surface area contributed by atoms with Gasteiger partial charge in [0.2, 0.25) is 0 Å². The fraction of sp³-hybridized carbons (Fsp3) is 0.500. The van der Waals surface area contributed by atoms with E-state index in [9.17, 15) is 4.79 Å². The second-order valence-corrected chi connectivity index (χ2v) is 5.51. The third-order valence-electron chi connectivity index (χ3n) is 3.61. The minimum atomic E-state index is -0.951. The van der Waals surface area contributed by atoms with Crippen LogP contribution in [0.25, 0.3) is 0 Å². The van der Waals surface area contributed by atoms with Gasteiger partial charge in [0.1, 0.15) is 0 Å². The summed E-state index contributed by atoms with van der Waals surface area (Å²) >= 11 is 6.07. The van der Waals surface area contributed by atoms with Crippen LogP contribution in [-0.2, 0) is 0 Å². The third kappa shape index (κ3) is 2.96. The molecule has 4 heteroatoms. The van der Waals surface area contributed by atoms with Gasteiger partial charge in [-0.15, -0.1) is 0 Å². The minimum Gasteiger partial charge on any atom is -0.478 e. The van der Waals surface area contributed by atoms with Gasteiger partial charge in [-0.3, -0.25) is 0 Å². The van der Waals surface area contributed by atoms with Crippen molar-refractivity contribution in [3.05, 3.63) is 28.8 Å². The number of hydrogen-bond acceptors (Lipinski definition) is 2. The van der Waals surface area contributed by atoms with Gasteiger partial charge >= 0.3 is 5.97 Å². The van der Waals surface area contributed by atoms with Crippen molar-refractivity contribution in [1.29, 1.82) is 0 Å². The first kappa shape index (κ1) is 13.2. The number of aromatic carboxylic acids is 1. The van der Waals surface area contributed by atoms with E-state index >= 15 is 0 Å². The number of halogens is 1. The number of carbonyl (C=O) groups is 1. The Kier molecular flexibility index (Phi) is 3.81. The van der Waals surface area contributed by atoms with Crippen molar-refractivity contribution < 1.29 is 9.90 Å². The number of carboxylic acid groups (broad SMARTS) is 1. The number of benzene rings is 1. The Morgan fingerprint density at radius 3 is 2.72 bits per heavy atom. The van der Waals surface area contributed by atoms with Gasteiger partial charge < -0.3 is 10.4 Å². The lowest BCUT2D eigenvalue weighted by atomic mass is 10.0. The van der Waals surface area contributed by atoms with Crippen LogP contribution < -0.4 is 5.32 Å². The molecular weight excluding hydrogens is 250 g/mol. The van der Waals surface area contributed by atoms with Gasteiger partial charge in [0.25, 0.3) is 0 Å². The first-order valence-electron chi connectivity index (χ1n) is 6.33. The summed E-state index contributed by atoms with van der Waals surface area (Å²) in [5.41, 5.74) is 1.49. The molecule has 0 aliphatic heterocycles. The first-order chi connectivity index (χ1) is 8.56. The average Bonchev–Trinajstić information content (AvgIpc) is 3.08. The number of carboxylic acids is 1. The molecule has 1 aromatic carbocycles. The lowest BCUT2D eigenvalue weighted by Gasteiger charge is -2.16. The lowest BCUT2D eigenvalue weighted by molar-refractivity contribution is 0.0697. The van der Waals surface area contributed by atoms with E-state index in [1.165, 1.54) is 31.7 Å². The Morgan fingerprint density at radius 2 is 2.22 bits per heavy atom. The lowest BCUT2D eigenvalue weighted by Crippen LogP contribution is -2.15. The molecule has 98 valence electrons. The summed E-state index contributed by atoms with van der Waals surface area (Å²) in [5.74, 6) is -0.951. The maximum atomic E-state index is 10.8. The zero-order valence-electron chi connectivity index (χ0n) is 10.5. The van der Waals surface area contributed by atoms with E-state index < -0.39 is 5.97 Å². The molecule has 0 unspecified atom stereocenters. The fourth-order valence-corrected chi connectivity index (χ4v) is 2.54. The van der Waals surface area contributed by atoms with Gasteiger partial charge in [0.05, 0.1) is 16.3 Å². The fourth-order valence-electron chi connectivity index (χ4n) is 2.30. The van der Waals surface area contributed by atoms with E-state index in [0.29, 0.717) is 10.4 Å². The Bertz CT molecular complexity index is 455. The van der Waals surface area contributed by atoms with E-state index in [2.05, 4.69) is 12.2 Å². The Morgan fingerprint density at radius 1 is 1.50 bits per heavy atom. The van der Waals surface area contributed by atoms with Gasteiger partial charge in [-0.25, -0.2) is 4.79 Å². The SMILES string of the molecule is CCCC1(CNc2ccc(C(=O)O)cc2Cl)CC1. The first-order valence-corrected chi connectivity index (χ1v) is 6.71. The van der Waals surface area contributed by atoms with Crippen LogP contribution in [-0.4, -0.2) is 17.6 Å². The Labute approximate surface area is 112 Å². The molecule has 0 heterocycles. The van der Waals surface area contributed by atoms with E-state index in [4.69, 9.17) is 16.7 Å². The second-order valence-electron chi connectivity index (χ2n) is 5.10. The maximum Gasteiger partial charge on any atom is 0.335 e. The molecule has 0 amide bonds. The molecule has 3 nitrogen and oxygen atoms in total. The van der Waals surface area contributed by atoms with Crippen molar-refractivity contribution >= 4 is 23.3 Å². The highest BCUT2D eigenvalue weighted by Crippen LogP contribution is 2.49. The largest absolute Gasteiger partial charge is 0.478 e. The predicted molar refractivity (Wildman–Crippen MR) is 73.5 cm³/mol. The number of rotatable bonds is 6. The van der Waals surface area contributed by atoms with Gasteiger partial charge in [0, 0.05) is 6.54 Å². The zero-order chi connectivity index (χ0) is 13.2. The highest BCUT2D eigenvalue weighted by molar-refractivity contribution is 6.33. The maximum absolute atomic E-state index is 10.8. The Hall–Kier alpha value is -1.22. The quantitative estimate of drug-likeness (QED) is 0.818. The van der Waals surface area contributed by atoms with Gasteiger partial charge in [0.15, 0.2) is 0 Å². The molecule has 1 aromatic rings. The second kappa shape index (κ2) is 5.19. The summed E-state index contributed by atoms with van der Waals surface area (Å²) in [6, 6.07) is 4.81. The minimum absolute atomic E-state index is 0.222. The van der Waals surface area contributed by atoms with Crippen LogP contribution in [0.3, 0.4) is 0 Å². The number of hydrogen-bond donors (Lipinski definition) is 2. The molecule has 0 saturated heterocycles. The van der Waals surface area contributed by atoms with Crippen LogP contribution in [0.15, 0.2) is 18.2 Å². The van der Waals surface area contributed by atoms with Gasteiger partial charge in [-0.05, 0) is 42.9 Å². The molecule has 1 aliphatic rings. The molecule has 1 aliphatic carbocycles. The highest BCUT2D eigenvalue weighted by atomic mass is 35.5. The monoisotopic (exact) mass is 267 g/mol. The summed E-state index contributed by atoms with van der Waals surface area (Å²) < 4.78 is 0. The molecule has 0 aromatic heterocycles. The van der Waals surface area contributed by atoms with Gasteiger partial charge in [-0.1, -0.05) is 24.9 Å². The molecule has 2 rings (SSSR count). The molecule has 0 radical (unpaired) electrons. The van der Waals surface area contributed by atoms with Crippen LogP contribution in [0.5, 0.6) is 0 Å². The third-order valence-corrected chi connectivity index (χ3v) is 3.92. The number of nitrogens with one attached hydrogen (secondary N) is 1. The van der Waals surface area contributed by atoms with Crippen molar-refractivity contribution in [2.45, 2.75) is 32.6 Å². The van der Waals surface area contributed by atoms with E-state index in [-0.39, 0.29) is 5.56 Å². The van der Waals surface area contributed by atoms with Crippen molar-refractivity contribution in [3.8, 4) is 0 Å². The summed E-state index contributed by atoms with van der Waals surface area (Å²) in [6.45, 7) is 3.13. The normalized spacial score (nSPS) is 16.3. The van der Waals surface area contributed by atoms with Crippen LogP contribution in [0, 0.1) is 5.41 Å². The molecule has 18 heavy (non-hydrogen) atoms. The van der Waals surface area contributed by atoms with Crippen LogP contribution >= 0.6 is 11.6 Å². The molecular formula is C14H18ClNO2. The molecule has 2 N–H and O–H groups in total. The molecule has 0 spiro atoms. The van der Waals surface area contributed by atoms with Gasteiger partial charge in [-0.2, -0.15) is 0 Å². The molecule has 1 saturated carbocycles. The van der Waals surface area contributed by atoms with Crippen molar-refractivity contribution in [2.24, 2.45) is 5.41 Å². The van der Waals surface area contributed by atoms with Crippen LogP contribution in [0.4, 0.5) is 5.69 Å². The summed E-state index contributed by atoms with van der Waals surface area (Å²) in [6.07, 6.45) is 5.00. The topological polar surface area (TPSA) is 49.3 Å². The molecule has 0 bridgehead atoms. The van der Waals surface area contributed by atoms with E-state index in [1.54, 1.807) is 12.1 Å².